The Balaban J connectivity index is 2.13. The molecular weight excluding hydrogens is 310 g/mol. The van der Waals surface area contributed by atoms with Crippen LogP contribution in [0.4, 0.5) is 5.69 Å². The fraction of sp³-hybridized carbons (Fsp3) is 0.471. The van der Waals surface area contributed by atoms with Gasteiger partial charge in [0.25, 0.3) is 0 Å². The van der Waals surface area contributed by atoms with Crippen molar-refractivity contribution in [2.75, 3.05) is 18.2 Å². The molecule has 1 amide bonds. The van der Waals surface area contributed by atoms with E-state index in [4.69, 9.17) is 4.74 Å². The number of hydrogen-bond donors (Lipinski definition) is 2. The number of anilines is 1. The molecule has 1 aliphatic rings. The summed E-state index contributed by atoms with van der Waals surface area (Å²) in [7, 11) is 0. The summed E-state index contributed by atoms with van der Waals surface area (Å²) < 4.78 is 4.99. The number of aliphatic hydroxyl groups excluding tert-OH is 1. The van der Waals surface area contributed by atoms with E-state index in [-0.39, 0.29) is 24.6 Å². The number of rotatable bonds is 7. The fourth-order valence-electron chi connectivity index (χ4n) is 2.39. The van der Waals surface area contributed by atoms with Crippen molar-refractivity contribution in [3.63, 3.8) is 0 Å². The second kappa shape index (κ2) is 8.44. The maximum Gasteiger partial charge on any atom is 0.354 e. The maximum atomic E-state index is 12.5. The highest BCUT2D eigenvalue weighted by atomic mass is 16.5. The molecule has 0 fully saturated rings. The Morgan fingerprint density at radius 1 is 1.42 bits per heavy atom. The number of benzene rings is 1. The largest absolute Gasteiger partial charge is 0.461 e. The van der Waals surface area contributed by atoms with Gasteiger partial charge >= 0.3 is 5.97 Å². The third-order valence-electron chi connectivity index (χ3n) is 3.61. The first-order valence-electron chi connectivity index (χ1n) is 8.07. The van der Waals surface area contributed by atoms with Gasteiger partial charge in [0.1, 0.15) is 11.8 Å². The molecule has 0 bridgehead atoms. The number of para-hydroxylation sites is 1. The molecule has 1 aliphatic heterocycles. The highest BCUT2D eigenvalue weighted by Gasteiger charge is 2.36. The van der Waals surface area contributed by atoms with Crippen LogP contribution in [-0.4, -0.2) is 48.0 Å². The summed E-state index contributed by atoms with van der Waals surface area (Å²) in [5.74, 6) is -0.736. The van der Waals surface area contributed by atoms with Crippen LogP contribution in [0.2, 0.25) is 0 Å². The van der Waals surface area contributed by atoms with E-state index in [2.05, 4.69) is 10.4 Å². The number of nitrogens with one attached hydrogen (secondary N) is 1. The fourth-order valence-corrected chi connectivity index (χ4v) is 2.39. The molecule has 130 valence electrons. The van der Waals surface area contributed by atoms with Crippen LogP contribution in [0, 0.1) is 0 Å². The van der Waals surface area contributed by atoms with E-state index < -0.39 is 18.1 Å². The molecule has 24 heavy (non-hydrogen) atoms. The Labute approximate surface area is 141 Å². The number of carbonyl (C=O) groups excluding carboxylic acids is 2. The molecule has 2 atom stereocenters. The summed E-state index contributed by atoms with van der Waals surface area (Å²) in [5.41, 5.74) is 0.962. The molecule has 1 heterocycles. The molecule has 0 radical (unpaired) electrons. The number of amides is 1. The van der Waals surface area contributed by atoms with Gasteiger partial charge < -0.3 is 15.2 Å². The van der Waals surface area contributed by atoms with Crippen molar-refractivity contribution in [3.05, 3.63) is 30.3 Å². The van der Waals surface area contributed by atoms with E-state index in [0.29, 0.717) is 13.0 Å². The number of aliphatic hydroxyl groups is 1. The number of hydrazone groups is 1. The molecule has 7 nitrogen and oxygen atoms in total. The number of ether oxygens (including phenoxy) is 1. The minimum absolute atomic E-state index is 0.189. The summed E-state index contributed by atoms with van der Waals surface area (Å²) >= 11 is 0. The van der Waals surface area contributed by atoms with Crippen molar-refractivity contribution in [1.82, 2.24) is 5.32 Å². The average molecular weight is 333 g/mol. The summed E-state index contributed by atoms with van der Waals surface area (Å²) in [6.07, 6.45) is 0.175. The lowest BCUT2D eigenvalue weighted by atomic mass is 10.1. The lowest BCUT2D eigenvalue weighted by Crippen LogP contribution is -2.43. The lowest BCUT2D eigenvalue weighted by molar-refractivity contribution is -0.135. The van der Waals surface area contributed by atoms with E-state index in [9.17, 15) is 14.7 Å². The summed E-state index contributed by atoms with van der Waals surface area (Å²) in [6.45, 7) is 4.02. The molecule has 0 spiro atoms. The van der Waals surface area contributed by atoms with Gasteiger partial charge in [0.2, 0.25) is 5.91 Å². The summed E-state index contributed by atoms with van der Waals surface area (Å²) in [6, 6.07) is 8.60. The van der Waals surface area contributed by atoms with Gasteiger partial charge in [-0.15, -0.1) is 0 Å². The molecule has 1 aromatic rings. The summed E-state index contributed by atoms with van der Waals surface area (Å²) in [4.78, 5) is 24.4. The Morgan fingerprint density at radius 2 is 2.12 bits per heavy atom. The van der Waals surface area contributed by atoms with Crippen molar-refractivity contribution < 1.29 is 19.4 Å². The second-order valence-corrected chi connectivity index (χ2v) is 5.60. The monoisotopic (exact) mass is 333 g/mol. The van der Waals surface area contributed by atoms with E-state index in [1.807, 2.05) is 30.3 Å². The molecule has 0 aliphatic carbocycles. The van der Waals surface area contributed by atoms with Crippen LogP contribution in [-0.2, 0) is 14.3 Å². The van der Waals surface area contributed by atoms with Crippen molar-refractivity contribution in [3.8, 4) is 0 Å². The van der Waals surface area contributed by atoms with Gasteiger partial charge in [-0.2, -0.15) is 5.10 Å². The molecule has 0 unspecified atom stereocenters. The van der Waals surface area contributed by atoms with Gasteiger partial charge in [-0.05, 0) is 32.4 Å². The second-order valence-electron chi connectivity index (χ2n) is 5.60. The number of esters is 1. The third-order valence-corrected chi connectivity index (χ3v) is 3.61. The van der Waals surface area contributed by atoms with Crippen molar-refractivity contribution >= 4 is 23.3 Å². The molecule has 1 aromatic carbocycles. The van der Waals surface area contributed by atoms with Gasteiger partial charge in [0.15, 0.2) is 0 Å². The zero-order valence-electron chi connectivity index (χ0n) is 13.9. The molecule has 2 rings (SSSR count). The zero-order chi connectivity index (χ0) is 17.5. The standard InChI is InChI=1S/C17H23N3O4/c1-3-24-17(23)14-11-15(16(22)18-10-9-12(2)21)20(19-14)13-7-5-4-6-8-13/h4-8,12,15,21H,3,9-11H2,1-2H3,(H,18,22)/t12-,15-/m1/s1. The van der Waals surface area contributed by atoms with Crippen LogP contribution in [0.1, 0.15) is 26.7 Å². The number of nitrogens with zero attached hydrogens (tertiary/aromatic N) is 2. The first kappa shape index (κ1) is 17.9. The Bertz CT molecular complexity index is 601. The molecule has 0 aromatic heterocycles. The topological polar surface area (TPSA) is 91.2 Å². The van der Waals surface area contributed by atoms with E-state index in [1.165, 1.54) is 0 Å². The van der Waals surface area contributed by atoms with Crippen LogP contribution in [0.25, 0.3) is 0 Å². The molecule has 0 saturated carbocycles. The van der Waals surface area contributed by atoms with Gasteiger partial charge in [0.05, 0.1) is 18.4 Å². The minimum Gasteiger partial charge on any atom is -0.461 e. The zero-order valence-corrected chi connectivity index (χ0v) is 13.9. The van der Waals surface area contributed by atoms with Crippen LogP contribution < -0.4 is 10.3 Å². The Kier molecular flexibility index (Phi) is 6.31. The highest BCUT2D eigenvalue weighted by Crippen LogP contribution is 2.25. The number of carbonyl (C=O) groups is 2. The van der Waals surface area contributed by atoms with E-state index in [1.54, 1.807) is 18.9 Å². The predicted molar refractivity (Wildman–Crippen MR) is 90.7 cm³/mol. The van der Waals surface area contributed by atoms with Crippen molar-refractivity contribution in [1.29, 1.82) is 0 Å². The SMILES string of the molecule is CCOC(=O)C1=NN(c2ccccc2)[C@@H](C(=O)NCC[C@@H](C)O)C1. The van der Waals surface area contributed by atoms with Crippen molar-refractivity contribution in [2.24, 2.45) is 5.10 Å². The molecule has 2 N–H and O–H groups in total. The smallest absolute Gasteiger partial charge is 0.354 e. The van der Waals surface area contributed by atoms with Gasteiger partial charge in [0, 0.05) is 13.0 Å². The van der Waals surface area contributed by atoms with E-state index >= 15 is 0 Å². The quantitative estimate of drug-likeness (QED) is 0.729. The van der Waals surface area contributed by atoms with Crippen molar-refractivity contribution in [2.45, 2.75) is 38.8 Å². The molecule has 0 saturated heterocycles. The molecular formula is C17H23N3O4. The average Bonchev–Trinajstić information content (AvgIpc) is 3.01. The lowest BCUT2D eigenvalue weighted by Gasteiger charge is -2.22. The Hall–Kier alpha value is -2.41. The first-order chi connectivity index (χ1) is 11.5. The highest BCUT2D eigenvalue weighted by molar-refractivity contribution is 6.38. The minimum atomic E-state index is -0.610. The third kappa shape index (κ3) is 4.55. The number of hydrogen-bond acceptors (Lipinski definition) is 6. The maximum absolute atomic E-state index is 12.5. The van der Waals surface area contributed by atoms with Gasteiger partial charge in [-0.25, -0.2) is 4.79 Å². The van der Waals surface area contributed by atoms with Crippen LogP contribution in [0.15, 0.2) is 35.4 Å². The predicted octanol–water partition coefficient (Wildman–Crippen LogP) is 1.07. The van der Waals surface area contributed by atoms with E-state index in [0.717, 1.165) is 5.69 Å². The van der Waals surface area contributed by atoms with Gasteiger partial charge in [-0.3, -0.25) is 9.80 Å². The van der Waals surface area contributed by atoms with Crippen LogP contribution in [0.5, 0.6) is 0 Å². The van der Waals surface area contributed by atoms with Crippen LogP contribution in [0.3, 0.4) is 0 Å². The summed E-state index contributed by atoms with van der Waals surface area (Å²) in [5, 5.41) is 17.9. The molecule has 7 heteroatoms. The normalized spacial score (nSPS) is 18.0. The van der Waals surface area contributed by atoms with Crippen LogP contribution >= 0.6 is 0 Å². The Morgan fingerprint density at radius 3 is 2.75 bits per heavy atom. The first-order valence-corrected chi connectivity index (χ1v) is 8.07. The van der Waals surface area contributed by atoms with Gasteiger partial charge in [-0.1, -0.05) is 18.2 Å².